The van der Waals surface area contributed by atoms with Crippen LogP contribution in [0.2, 0.25) is 0 Å². The van der Waals surface area contributed by atoms with Crippen LogP contribution in [0.1, 0.15) is 5.56 Å². The van der Waals surface area contributed by atoms with Crippen molar-refractivity contribution in [3.8, 4) is 5.75 Å². The van der Waals surface area contributed by atoms with E-state index in [1.807, 2.05) is 0 Å². The van der Waals surface area contributed by atoms with Crippen molar-refractivity contribution in [1.29, 1.82) is 0 Å². The Morgan fingerprint density at radius 2 is 2.18 bits per heavy atom. The zero-order valence-electron chi connectivity index (χ0n) is 12.7. The van der Waals surface area contributed by atoms with E-state index in [0.717, 1.165) is 5.56 Å². The Hall–Kier alpha value is -1.64. The minimum Gasteiger partial charge on any atom is -0.496 e. The van der Waals surface area contributed by atoms with Crippen LogP contribution >= 0.6 is 0 Å². The SMILES string of the molecule is COc1ccc(S(=O)(=O)NCCN2CCOCC2=O)cc1C. The van der Waals surface area contributed by atoms with Crippen LogP contribution in [-0.4, -0.2) is 59.2 Å². The maximum Gasteiger partial charge on any atom is 0.248 e. The number of aryl methyl sites for hydroxylation is 1. The number of nitrogens with one attached hydrogen (secondary N) is 1. The number of sulfonamides is 1. The van der Waals surface area contributed by atoms with E-state index in [4.69, 9.17) is 9.47 Å². The molecule has 2 rings (SSSR count). The fraction of sp³-hybridized carbons (Fsp3) is 0.500. The van der Waals surface area contributed by atoms with Crippen molar-refractivity contribution in [2.75, 3.05) is 40.0 Å². The molecule has 0 radical (unpaired) electrons. The molecule has 0 saturated carbocycles. The molecule has 0 atom stereocenters. The zero-order chi connectivity index (χ0) is 16.2. The van der Waals surface area contributed by atoms with Gasteiger partial charge in [-0.15, -0.1) is 0 Å². The minimum absolute atomic E-state index is 0.0599. The number of carbonyl (C=O) groups excluding carboxylic acids is 1. The Balaban J connectivity index is 1.96. The van der Waals surface area contributed by atoms with E-state index < -0.39 is 10.0 Å². The average Bonchev–Trinajstić information content (AvgIpc) is 2.49. The molecular weight excluding hydrogens is 308 g/mol. The predicted molar refractivity (Wildman–Crippen MR) is 80.3 cm³/mol. The summed E-state index contributed by atoms with van der Waals surface area (Å²) >= 11 is 0. The van der Waals surface area contributed by atoms with Crippen LogP contribution in [-0.2, 0) is 19.6 Å². The van der Waals surface area contributed by atoms with Crippen LogP contribution in [0.25, 0.3) is 0 Å². The molecule has 122 valence electrons. The third-order valence-corrected chi connectivity index (χ3v) is 4.89. The van der Waals surface area contributed by atoms with E-state index in [1.54, 1.807) is 24.0 Å². The second-order valence-corrected chi connectivity index (χ2v) is 6.73. The molecule has 1 aromatic carbocycles. The van der Waals surface area contributed by atoms with Crippen molar-refractivity contribution in [1.82, 2.24) is 9.62 Å². The quantitative estimate of drug-likeness (QED) is 0.803. The van der Waals surface area contributed by atoms with Crippen molar-refractivity contribution in [3.63, 3.8) is 0 Å². The number of ether oxygens (including phenoxy) is 2. The summed E-state index contributed by atoms with van der Waals surface area (Å²) in [5.41, 5.74) is 0.744. The molecule has 1 aliphatic rings. The van der Waals surface area contributed by atoms with Crippen LogP contribution in [0.15, 0.2) is 23.1 Å². The Morgan fingerprint density at radius 1 is 1.41 bits per heavy atom. The zero-order valence-corrected chi connectivity index (χ0v) is 13.5. The number of hydrogen-bond donors (Lipinski definition) is 1. The summed E-state index contributed by atoms with van der Waals surface area (Å²) in [6.45, 7) is 3.31. The van der Waals surface area contributed by atoms with E-state index in [1.165, 1.54) is 13.2 Å². The van der Waals surface area contributed by atoms with Gasteiger partial charge in [0.25, 0.3) is 0 Å². The summed E-state index contributed by atoms with van der Waals surface area (Å²) in [6, 6.07) is 4.67. The largest absolute Gasteiger partial charge is 0.496 e. The molecular formula is C14H20N2O5S. The second kappa shape index (κ2) is 7.08. The molecule has 1 heterocycles. The van der Waals surface area contributed by atoms with Gasteiger partial charge < -0.3 is 14.4 Å². The van der Waals surface area contributed by atoms with Gasteiger partial charge in [-0.1, -0.05) is 0 Å². The first-order valence-corrected chi connectivity index (χ1v) is 8.42. The van der Waals surface area contributed by atoms with Crippen LogP contribution in [0.5, 0.6) is 5.75 Å². The van der Waals surface area contributed by atoms with E-state index in [2.05, 4.69) is 4.72 Å². The molecule has 7 nitrogen and oxygen atoms in total. The van der Waals surface area contributed by atoms with E-state index in [9.17, 15) is 13.2 Å². The highest BCUT2D eigenvalue weighted by molar-refractivity contribution is 7.89. The number of hydrogen-bond acceptors (Lipinski definition) is 5. The van der Waals surface area contributed by atoms with Gasteiger partial charge >= 0.3 is 0 Å². The molecule has 0 aliphatic carbocycles. The lowest BCUT2D eigenvalue weighted by Gasteiger charge is -2.26. The number of rotatable bonds is 6. The normalized spacial score (nSPS) is 15.9. The van der Waals surface area contributed by atoms with Crippen LogP contribution in [0, 0.1) is 6.92 Å². The van der Waals surface area contributed by atoms with Gasteiger partial charge in [-0.05, 0) is 30.7 Å². The van der Waals surface area contributed by atoms with Gasteiger partial charge in [0.15, 0.2) is 0 Å². The first-order chi connectivity index (χ1) is 10.4. The molecule has 1 N–H and O–H groups in total. The lowest BCUT2D eigenvalue weighted by atomic mass is 10.2. The van der Waals surface area contributed by atoms with Crippen molar-refractivity contribution < 1.29 is 22.7 Å². The van der Waals surface area contributed by atoms with Crippen molar-refractivity contribution in [3.05, 3.63) is 23.8 Å². The topological polar surface area (TPSA) is 84.9 Å². The second-order valence-electron chi connectivity index (χ2n) is 4.96. The fourth-order valence-electron chi connectivity index (χ4n) is 2.20. The first kappa shape index (κ1) is 16.7. The highest BCUT2D eigenvalue weighted by Crippen LogP contribution is 2.21. The lowest BCUT2D eigenvalue weighted by molar-refractivity contribution is -0.142. The molecule has 1 amide bonds. The van der Waals surface area contributed by atoms with Gasteiger partial charge in [0.2, 0.25) is 15.9 Å². The van der Waals surface area contributed by atoms with Crippen LogP contribution in [0.3, 0.4) is 0 Å². The van der Waals surface area contributed by atoms with Crippen molar-refractivity contribution >= 4 is 15.9 Å². The van der Waals surface area contributed by atoms with Gasteiger partial charge in [-0.25, -0.2) is 13.1 Å². The number of carbonyl (C=O) groups is 1. The average molecular weight is 328 g/mol. The number of amides is 1. The maximum atomic E-state index is 12.2. The molecule has 0 aromatic heterocycles. The number of benzene rings is 1. The molecule has 1 aromatic rings. The summed E-state index contributed by atoms with van der Waals surface area (Å²) < 4.78 is 37.1. The molecule has 22 heavy (non-hydrogen) atoms. The van der Waals surface area contributed by atoms with Gasteiger partial charge in [-0.2, -0.15) is 0 Å². The van der Waals surface area contributed by atoms with Gasteiger partial charge in [0.05, 0.1) is 18.6 Å². The summed E-state index contributed by atoms with van der Waals surface area (Å²) in [5.74, 6) is 0.517. The molecule has 1 fully saturated rings. The van der Waals surface area contributed by atoms with Gasteiger partial charge in [-0.3, -0.25) is 4.79 Å². The third kappa shape index (κ3) is 3.96. The maximum absolute atomic E-state index is 12.2. The lowest BCUT2D eigenvalue weighted by Crippen LogP contribution is -2.45. The smallest absolute Gasteiger partial charge is 0.248 e. The standard InChI is InChI=1S/C14H20N2O5S/c1-11-9-12(3-4-13(11)20-2)22(18,19)15-5-6-16-7-8-21-10-14(16)17/h3-4,9,15H,5-8,10H2,1-2H3. The van der Waals surface area contributed by atoms with E-state index in [-0.39, 0.29) is 24.0 Å². The Kier molecular flexibility index (Phi) is 5.38. The van der Waals surface area contributed by atoms with Gasteiger partial charge in [0.1, 0.15) is 12.4 Å². The Labute approximate surface area is 130 Å². The molecule has 1 saturated heterocycles. The minimum atomic E-state index is -3.60. The van der Waals surface area contributed by atoms with Crippen LogP contribution < -0.4 is 9.46 Å². The Bertz CT molecular complexity index is 645. The molecule has 0 unspecified atom stereocenters. The van der Waals surface area contributed by atoms with E-state index in [0.29, 0.717) is 25.4 Å². The number of morpholine rings is 1. The highest BCUT2D eigenvalue weighted by Gasteiger charge is 2.20. The summed E-state index contributed by atoms with van der Waals surface area (Å²) in [6.07, 6.45) is 0. The number of nitrogens with zero attached hydrogens (tertiary/aromatic N) is 1. The van der Waals surface area contributed by atoms with Crippen LogP contribution in [0.4, 0.5) is 0 Å². The summed E-state index contributed by atoms with van der Waals surface area (Å²) in [5, 5.41) is 0. The van der Waals surface area contributed by atoms with Crippen molar-refractivity contribution in [2.45, 2.75) is 11.8 Å². The van der Waals surface area contributed by atoms with Crippen molar-refractivity contribution in [2.24, 2.45) is 0 Å². The Morgan fingerprint density at radius 3 is 2.82 bits per heavy atom. The molecule has 8 heteroatoms. The molecule has 0 bridgehead atoms. The molecule has 0 spiro atoms. The summed E-state index contributed by atoms with van der Waals surface area (Å²) in [4.78, 5) is 13.3. The number of methoxy groups -OCH3 is 1. The first-order valence-electron chi connectivity index (χ1n) is 6.94. The third-order valence-electron chi connectivity index (χ3n) is 3.43. The van der Waals surface area contributed by atoms with E-state index >= 15 is 0 Å². The molecule has 1 aliphatic heterocycles. The fourth-order valence-corrected chi connectivity index (χ4v) is 3.31. The van der Waals surface area contributed by atoms with Gasteiger partial charge in [0, 0.05) is 19.6 Å². The predicted octanol–water partition coefficient (Wildman–Crippen LogP) is 0.141. The highest BCUT2D eigenvalue weighted by atomic mass is 32.2. The summed E-state index contributed by atoms with van der Waals surface area (Å²) in [7, 11) is -2.07. The monoisotopic (exact) mass is 328 g/mol.